The molecule has 0 fully saturated rings. The van der Waals surface area contributed by atoms with E-state index in [0.717, 1.165) is 20.1 Å². The van der Waals surface area contributed by atoms with Crippen LogP contribution in [-0.4, -0.2) is 12.9 Å². The van der Waals surface area contributed by atoms with Gasteiger partial charge in [0.05, 0.1) is 17.1 Å². The zero-order valence-corrected chi connectivity index (χ0v) is 14.2. The van der Waals surface area contributed by atoms with Crippen LogP contribution in [0.2, 0.25) is 0 Å². The number of hydrogen-bond acceptors (Lipinski definition) is 3. The number of ether oxygens (including phenoxy) is 1. The molecule has 0 atom stereocenters. The number of fused-ring (bicyclic) bond motifs is 1. The molecule has 1 heterocycles. The Morgan fingerprint density at radius 1 is 1.10 bits per heavy atom. The molecule has 0 bridgehead atoms. The molecule has 0 radical (unpaired) electrons. The van der Waals surface area contributed by atoms with Gasteiger partial charge in [0, 0.05) is 15.4 Å². The van der Waals surface area contributed by atoms with Gasteiger partial charge < -0.3 is 9.15 Å². The molecule has 5 heteroatoms. The van der Waals surface area contributed by atoms with Crippen LogP contribution in [0, 0.1) is 0 Å². The summed E-state index contributed by atoms with van der Waals surface area (Å²) in [5.74, 6) is 0.640. The first-order chi connectivity index (χ1) is 10.1. The lowest BCUT2D eigenvalue weighted by molar-refractivity contribution is 0.103. The summed E-state index contributed by atoms with van der Waals surface area (Å²) in [6, 6.07) is 10.8. The summed E-state index contributed by atoms with van der Waals surface area (Å²) in [5, 5.41) is 0.783. The maximum Gasteiger partial charge on any atom is 0.196 e. The van der Waals surface area contributed by atoms with Crippen molar-refractivity contribution < 1.29 is 13.9 Å². The summed E-state index contributed by atoms with van der Waals surface area (Å²) in [6.45, 7) is 0. The lowest BCUT2D eigenvalue weighted by atomic mass is 10.0. The van der Waals surface area contributed by atoms with Crippen molar-refractivity contribution in [3.05, 3.63) is 62.7 Å². The molecule has 0 amide bonds. The molecule has 3 rings (SSSR count). The maximum atomic E-state index is 12.6. The summed E-state index contributed by atoms with van der Waals surface area (Å²) in [7, 11) is 1.59. The van der Waals surface area contributed by atoms with E-state index in [9.17, 15) is 4.79 Å². The molecule has 0 aliphatic heterocycles. The number of methoxy groups -OCH3 is 1. The zero-order chi connectivity index (χ0) is 15.0. The van der Waals surface area contributed by atoms with Gasteiger partial charge in [-0.1, -0.05) is 0 Å². The average Bonchev–Trinajstić information content (AvgIpc) is 2.95. The molecule has 2 aromatic carbocycles. The van der Waals surface area contributed by atoms with Crippen LogP contribution in [0.25, 0.3) is 11.0 Å². The molecule has 0 aliphatic rings. The van der Waals surface area contributed by atoms with E-state index in [4.69, 9.17) is 9.15 Å². The minimum Gasteiger partial charge on any atom is -0.497 e. The van der Waals surface area contributed by atoms with Crippen molar-refractivity contribution in [2.75, 3.05) is 7.11 Å². The molecule has 0 spiro atoms. The van der Waals surface area contributed by atoms with Gasteiger partial charge in [0.1, 0.15) is 17.6 Å². The molecular formula is C16H10Br2O3. The molecule has 0 aliphatic carbocycles. The van der Waals surface area contributed by atoms with E-state index >= 15 is 0 Å². The van der Waals surface area contributed by atoms with Crippen LogP contribution in [0.5, 0.6) is 5.75 Å². The summed E-state index contributed by atoms with van der Waals surface area (Å²) in [5.41, 5.74) is 1.79. The second-order valence-corrected chi connectivity index (χ2v) is 6.09. The second kappa shape index (κ2) is 5.66. The number of carbonyl (C=O) groups is 1. The average molecular weight is 410 g/mol. The number of rotatable bonds is 3. The second-order valence-electron chi connectivity index (χ2n) is 4.45. The van der Waals surface area contributed by atoms with Crippen LogP contribution in [0.4, 0.5) is 0 Å². The molecule has 0 unspecified atom stereocenters. The molecule has 3 nitrogen and oxygen atoms in total. The highest BCUT2D eigenvalue weighted by molar-refractivity contribution is 9.13. The Labute approximate surface area is 138 Å². The van der Waals surface area contributed by atoms with Crippen molar-refractivity contribution in [2.24, 2.45) is 0 Å². The van der Waals surface area contributed by atoms with E-state index in [2.05, 4.69) is 31.9 Å². The lowest BCUT2D eigenvalue weighted by Gasteiger charge is -2.02. The predicted molar refractivity (Wildman–Crippen MR) is 88.0 cm³/mol. The number of furan rings is 1. The number of halogens is 2. The molecule has 3 aromatic rings. The lowest BCUT2D eigenvalue weighted by Crippen LogP contribution is -2.00. The van der Waals surface area contributed by atoms with Crippen molar-refractivity contribution in [2.45, 2.75) is 0 Å². The monoisotopic (exact) mass is 408 g/mol. The zero-order valence-electron chi connectivity index (χ0n) is 11.0. The summed E-state index contributed by atoms with van der Waals surface area (Å²) in [4.78, 5) is 12.6. The van der Waals surface area contributed by atoms with Gasteiger partial charge in [-0.15, -0.1) is 0 Å². The van der Waals surface area contributed by atoms with Gasteiger partial charge in [0.2, 0.25) is 0 Å². The van der Waals surface area contributed by atoms with Gasteiger partial charge in [-0.2, -0.15) is 0 Å². The van der Waals surface area contributed by atoms with Crippen molar-refractivity contribution >= 4 is 48.6 Å². The smallest absolute Gasteiger partial charge is 0.196 e. The molecule has 1 aromatic heterocycles. The fourth-order valence-electron chi connectivity index (χ4n) is 2.11. The van der Waals surface area contributed by atoms with E-state index in [-0.39, 0.29) is 5.78 Å². The first-order valence-electron chi connectivity index (χ1n) is 6.16. The van der Waals surface area contributed by atoms with Crippen molar-refractivity contribution in [3.63, 3.8) is 0 Å². The van der Waals surface area contributed by atoms with Gasteiger partial charge in [-0.3, -0.25) is 4.79 Å². The largest absolute Gasteiger partial charge is 0.497 e. The van der Waals surface area contributed by atoms with Gasteiger partial charge in [0.15, 0.2) is 5.78 Å². The Kier molecular flexibility index (Phi) is 3.87. The minimum atomic E-state index is -0.0781. The van der Waals surface area contributed by atoms with Crippen molar-refractivity contribution in [1.29, 1.82) is 0 Å². The number of hydrogen-bond donors (Lipinski definition) is 0. The highest BCUT2D eigenvalue weighted by Gasteiger charge is 2.18. The molecule has 106 valence electrons. The third-order valence-corrected chi connectivity index (χ3v) is 5.21. The summed E-state index contributed by atoms with van der Waals surface area (Å²) < 4.78 is 12.3. The fraction of sp³-hybridized carbons (Fsp3) is 0.0625. The predicted octanol–water partition coefficient (Wildman–Crippen LogP) is 5.20. The van der Waals surface area contributed by atoms with Crippen LogP contribution in [-0.2, 0) is 0 Å². The first-order valence-corrected chi connectivity index (χ1v) is 7.74. The topological polar surface area (TPSA) is 39.4 Å². The Hall–Kier alpha value is -1.59. The summed E-state index contributed by atoms with van der Waals surface area (Å²) in [6.07, 6.45) is 1.49. The first kappa shape index (κ1) is 14.4. The number of ketones is 1. The Morgan fingerprint density at radius 3 is 2.48 bits per heavy atom. The SMILES string of the molecule is COc1ccc(C(=O)c2coc3c(Br)c(Br)ccc23)cc1. The van der Waals surface area contributed by atoms with E-state index < -0.39 is 0 Å². The third-order valence-electron chi connectivity index (χ3n) is 3.23. The van der Waals surface area contributed by atoms with E-state index in [0.29, 0.717) is 16.7 Å². The minimum absolute atomic E-state index is 0.0781. The van der Waals surface area contributed by atoms with Crippen LogP contribution < -0.4 is 4.74 Å². The molecule has 0 N–H and O–H groups in total. The van der Waals surface area contributed by atoms with Gasteiger partial charge >= 0.3 is 0 Å². The highest BCUT2D eigenvalue weighted by Crippen LogP contribution is 2.34. The molecular weight excluding hydrogens is 400 g/mol. The Bertz CT molecular complexity index is 819. The van der Waals surface area contributed by atoms with Crippen molar-refractivity contribution in [1.82, 2.24) is 0 Å². The fourth-order valence-corrected chi connectivity index (χ4v) is 2.87. The van der Waals surface area contributed by atoms with E-state index in [1.165, 1.54) is 6.26 Å². The highest BCUT2D eigenvalue weighted by atomic mass is 79.9. The van der Waals surface area contributed by atoms with E-state index in [1.54, 1.807) is 31.4 Å². The van der Waals surface area contributed by atoms with Gasteiger partial charge in [-0.05, 0) is 68.3 Å². The normalized spacial score (nSPS) is 10.8. The van der Waals surface area contributed by atoms with Crippen LogP contribution in [0.3, 0.4) is 0 Å². The molecule has 0 saturated heterocycles. The standard InChI is InChI=1S/C16H10Br2O3/c1-20-10-4-2-9(3-5-10)15(19)12-8-21-16-11(12)6-7-13(17)14(16)18/h2-8H,1H3. The quantitative estimate of drug-likeness (QED) is 0.558. The van der Waals surface area contributed by atoms with Crippen LogP contribution in [0.1, 0.15) is 15.9 Å². The van der Waals surface area contributed by atoms with Crippen LogP contribution >= 0.6 is 31.9 Å². The van der Waals surface area contributed by atoms with Gasteiger partial charge in [-0.25, -0.2) is 0 Å². The van der Waals surface area contributed by atoms with E-state index in [1.807, 2.05) is 12.1 Å². The number of carbonyl (C=O) groups excluding carboxylic acids is 1. The molecule has 21 heavy (non-hydrogen) atoms. The van der Waals surface area contributed by atoms with Gasteiger partial charge in [0.25, 0.3) is 0 Å². The third kappa shape index (κ3) is 2.51. The number of benzene rings is 2. The van der Waals surface area contributed by atoms with Crippen LogP contribution in [0.15, 0.2) is 56.0 Å². The molecule has 0 saturated carbocycles. The maximum absolute atomic E-state index is 12.6. The Morgan fingerprint density at radius 2 is 1.81 bits per heavy atom. The summed E-state index contributed by atoms with van der Waals surface area (Å²) >= 11 is 6.87. The van der Waals surface area contributed by atoms with Crippen molar-refractivity contribution in [3.8, 4) is 5.75 Å². The Balaban J connectivity index is 2.07.